The lowest BCUT2D eigenvalue weighted by molar-refractivity contribution is -0.139. The lowest BCUT2D eigenvalue weighted by Crippen LogP contribution is -2.46. The van der Waals surface area contributed by atoms with Crippen LogP contribution in [0.15, 0.2) is 24.3 Å². The molecule has 1 saturated heterocycles. The molecule has 0 unspecified atom stereocenters. The van der Waals surface area contributed by atoms with Gasteiger partial charge in [0.1, 0.15) is 0 Å². The summed E-state index contributed by atoms with van der Waals surface area (Å²) < 4.78 is 0. The number of carboxylic acids is 1. The third-order valence-corrected chi connectivity index (χ3v) is 4.92. The smallest absolute Gasteiger partial charge is 0.317 e. The van der Waals surface area contributed by atoms with Crippen molar-refractivity contribution in [3.05, 3.63) is 34.9 Å². The molecule has 1 aliphatic heterocycles. The normalized spacial score (nSPS) is 16.8. The molecular weight excluding hydrogens is 312 g/mol. The summed E-state index contributed by atoms with van der Waals surface area (Å²) in [6, 6.07) is 8.51. The number of piperidine rings is 1. The van der Waals surface area contributed by atoms with Crippen molar-refractivity contribution >= 4 is 17.6 Å². The zero-order valence-corrected chi connectivity index (χ0v) is 14.6. The third-order valence-electron chi connectivity index (χ3n) is 4.67. The molecule has 0 amide bonds. The zero-order chi connectivity index (χ0) is 16.7. The second-order valence-electron chi connectivity index (χ2n) is 6.26. The Labute approximate surface area is 144 Å². The van der Waals surface area contributed by atoms with Crippen molar-refractivity contribution in [3.63, 3.8) is 0 Å². The first-order chi connectivity index (χ1) is 11.1. The highest BCUT2D eigenvalue weighted by Gasteiger charge is 2.24. The molecule has 0 atom stereocenters. The van der Waals surface area contributed by atoms with Crippen LogP contribution in [-0.2, 0) is 11.2 Å². The topological polar surface area (TPSA) is 43.8 Å². The van der Waals surface area contributed by atoms with Crippen LogP contribution in [0.1, 0.15) is 31.7 Å². The number of likely N-dealkylation sites (N-methyl/N-ethyl adjacent to an activating group) is 1. The van der Waals surface area contributed by atoms with Gasteiger partial charge in [-0.2, -0.15) is 0 Å². The van der Waals surface area contributed by atoms with Crippen molar-refractivity contribution in [1.82, 2.24) is 9.80 Å². The maximum Gasteiger partial charge on any atom is 0.317 e. The van der Waals surface area contributed by atoms with Crippen LogP contribution in [0.2, 0.25) is 5.02 Å². The van der Waals surface area contributed by atoms with E-state index in [1.807, 2.05) is 19.1 Å². The summed E-state index contributed by atoms with van der Waals surface area (Å²) >= 11 is 5.90. The molecule has 128 valence electrons. The van der Waals surface area contributed by atoms with E-state index in [4.69, 9.17) is 16.7 Å². The summed E-state index contributed by atoms with van der Waals surface area (Å²) in [5, 5.41) is 9.77. The fourth-order valence-corrected chi connectivity index (χ4v) is 3.46. The Morgan fingerprint density at radius 3 is 2.52 bits per heavy atom. The molecule has 0 saturated carbocycles. The minimum atomic E-state index is -0.725. The number of carbonyl (C=O) groups is 1. The summed E-state index contributed by atoms with van der Waals surface area (Å²) in [5.41, 5.74) is 1.34. The monoisotopic (exact) mass is 338 g/mol. The van der Waals surface area contributed by atoms with Gasteiger partial charge in [0.15, 0.2) is 0 Å². The van der Waals surface area contributed by atoms with Gasteiger partial charge in [-0.25, -0.2) is 0 Å². The van der Waals surface area contributed by atoms with Gasteiger partial charge in [-0.15, -0.1) is 0 Å². The van der Waals surface area contributed by atoms with E-state index in [1.54, 1.807) is 0 Å². The molecular formula is C18H27ClN2O2. The lowest BCUT2D eigenvalue weighted by atomic mass is 10.0. The van der Waals surface area contributed by atoms with E-state index in [0.29, 0.717) is 6.04 Å². The Kier molecular flexibility index (Phi) is 7.34. The maximum absolute atomic E-state index is 10.9. The highest BCUT2D eigenvalue weighted by atomic mass is 35.5. The van der Waals surface area contributed by atoms with Crippen LogP contribution in [0.4, 0.5) is 0 Å². The van der Waals surface area contributed by atoms with E-state index in [1.165, 1.54) is 5.56 Å². The van der Waals surface area contributed by atoms with Crippen molar-refractivity contribution in [1.29, 1.82) is 0 Å². The number of likely N-dealkylation sites (tertiary alicyclic amines) is 1. The average Bonchev–Trinajstić information content (AvgIpc) is 2.55. The van der Waals surface area contributed by atoms with Crippen LogP contribution in [0.3, 0.4) is 0 Å². The second-order valence-corrected chi connectivity index (χ2v) is 6.70. The predicted molar refractivity (Wildman–Crippen MR) is 94.1 cm³/mol. The quantitative estimate of drug-likeness (QED) is 0.790. The van der Waals surface area contributed by atoms with Crippen molar-refractivity contribution in [3.8, 4) is 0 Å². The van der Waals surface area contributed by atoms with Crippen LogP contribution in [-0.4, -0.2) is 59.6 Å². The van der Waals surface area contributed by atoms with Crippen molar-refractivity contribution in [2.45, 2.75) is 38.6 Å². The van der Waals surface area contributed by atoms with E-state index < -0.39 is 5.97 Å². The maximum atomic E-state index is 10.9. The fraction of sp³-hybridized carbons (Fsp3) is 0.611. The Morgan fingerprint density at radius 2 is 1.96 bits per heavy atom. The van der Waals surface area contributed by atoms with E-state index in [9.17, 15) is 4.79 Å². The van der Waals surface area contributed by atoms with Gasteiger partial charge in [0.05, 0.1) is 6.54 Å². The van der Waals surface area contributed by atoms with Crippen molar-refractivity contribution < 1.29 is 9.90 Å². The average molecular weight is 339 g/mol. The van der Waals surface area contributed by atoms with E-state index in [2.05, 4.69) is 21.9 Å². The predicted octanol–water partition coefficient (Wildman–Crippen LogP) is 3.14. The molecule has 23 heavy (non-hydrogen) atoms. The Hall–Kier alpha value is -1.10. The van der Waals surface area contributed by atoms with Gasteiger partial charge in [0.2, 0.25) is 0 Å². The number of aliphatic carboxylic acids is 1. The number of hydrogen-bond donors (Lipinski definition) is 1. The molecule has 1 heterocycles. The molecule has 0 bridgehead atoms. The van der Waals surface area contributed by atoms with E-state index in [0.717, 1.165) is 56.9 Å². The van der Waals surface area contributed by atoms with Crippen LogP contribution >= 0.6 is 11.6 Å². The zero-order valence-electron chi connectivity index (χ0n) is 13.9. The van der Waals surface area contributed by atoms with Gasteiger partial charge in [-0.3, -0.25) is 9.69 Å². The fourth-order valence-electron chi connectivity index (χ4n) is 3.34. The molecule has 0 radical (unpaired) electrons. The number of carboxylic acid groups (broad SMARTS) is 1. The van der Waals surface area contributed by atoms with Gasteiger partial charge >= 0.3 is 5.97 Å². The van der Waals surface area contributed by atoms with Crippen LogP contribution in [0, 0.1) is 0 Å². The van der Waals surface area contributed by atoms with Crippen LogP contribution < -0.4 is 0 Å². The number of benzene rings is 1. The highest BCUT2D eigenvalue weighted by molar-refractivity contribution is 6.30. The molecule has 1 aromatic rings. The highest BCUT2D eigenvalue weighted by Crippen LogP contribution is 2.17. The number of hydrogen-bond acceptors (Lipinski definition) is 3. The summed E-state index contributed by atoms with van der Waals surface area (Å²) in [4.78, 5) is 15.5. The molecule has 0 aliphatic carbocycles. The Morgan fingerprint density at radius 1 is 1.30 bits per heavy atom. The number of rotatable bonds is 8. The van der Waals surface area contributed by atoms with Gasteiger partial charge in [0.25, 0.3) is 0 Å². The minimum Gasteiger partial charge on any atom is -0.480 e. The summed E-state index contributed by atoms with van der Waals surface area (Å²) in [7, 11) is 0. The first kappa shape index (κ1) is 18.2. The molecule has 4 nitrogen and oxygen atoms in total. The number of nitrogens with zero attached hydrogens (tertiary/aromatic N) is 2. The second kappa shape index (κ2) is 9.26. The van der Waals surface area contributed by atoms with E-state index >= 15 is 0 Å². The van der Waals surface area contributed by atoms with Gasteiger partial charge in [0, 0.05) is 11.1 Å². The largest absolute Gasteiger partial charge is 0.480 e. The molecule has 0 aromatic heterocycles. The summed E-state index contributed by atoms with van der Waals surface area (Å²) in [6.45, 7) is 6.27. The molecule has 1 aromatic carbocycles. The van der Waals surface area contributed by atoms with Crippen molar-refractivity contribution in [2.24, 2.45) is 0 Å². The minimum absolute atomic E-state index is 0.164. The molecule has 1 fully saturated rings. The first-order valence-corrected chi connectivity index (χ1v) is 8.89. The Balaban J connectivity index is 1.68. The molecule has 0 spiro atoms. The Bertz CT molecular complexity index is 484. The standard InChI is InChI=1S/C18H27ClN2O2/c1-2-21(14-18(22)23)17-9-12-20(13-10-17)11-3-4-15-5-7-16(19)8-6-15/h5-8,17H,2-4,9-14H2,1H3,(H,22,23). The summed E-state index contributed by atoms with van der Waals surface area (Å²) in [6.07, 6.45) is 4.38. The van der Waals surface area contributed by atoms with Crippen LogP contribution in [0.25, 0.3) is 0 Å². The number of halogens is 1. The SMILES string of the molecule is CCN(CC(=O)O)C1CCN(CCCc2ccc(Cl)cc2)CC1. The lowest BCUT2D eigenvalue weighted by Gasteiger charge is -2.37. The molecule has 1 N–H and O–H groups in total. The first-order valence-electron chi connectivity index (χ1n) is 8.51. The third kappa shape index (κ3) is 6.13. The number of aryl methyl sites for hydroxylation is 1. The van der Waals surface area contributed by atoms with E-state index in [-0.39, 0.29) is 6.54 Å². The van der Waals surface area contributed by atoms with Crippen molar-refractivity contribution in [2.75, 3.05) is 32.7 Å². The molecule has 1 aliphatic rings. The van der Waals surface area contributed by atoms with Gasteiger partial charge in [-0.1, -0.05) is 30.7 Å². The summed E-state index contributed by atoms with van der Waals surface area (Å²) in [5.74, 6) is -0.725. The molecule has 2 rings (SSSR count). The van der Waals surface area contributed by atoms with Gasteiger partial charge < -0.3 is 10.0 Å². The van der Waals surface area contributed by atoms with Crippen LogP contribution in [0.5, 0.6) is 0 Å². The molecule has 5 heteroatoms. The van der Waals surface area contributed by atoms with Gasteiger partial charge in [-0.05, 0) is 69.6 Å².